The molecule has 0 aliphatic heterocycles. The molecule has 3 heterocycles. The molecule has 3 aromatic heterocycles. The molecule has 0 unspecified atom stereocenters. The van der Waals surface area contributed by atoms with Gasteiger partial charge in [-0.25, -0.2) is 19.4 Å². The minimum Gasteiger partial charge on any atom is -0.478 e. The minimum absolute atomic E-state index is 0.142. The number of oxazole rings is 1. The third-order valence-electron chi connectivity index (χ3n) is 8.61. The molecule has 0 saturated heterocycles. The van der Waals surface area contributed by atoms with E-state index in [0.717, 1.165) is 34.1 Å². The average molecular weight is 1030 g/mol. The predicted octanol–water partition coefficient (Wildman–Crippen LogP) is 12.2. The van der Waals surface area contributed by atoms with Gasteiger partial charge < -0.3 is 34.9 Å². The summed E-state index contributed by atoms with van der Waals surface area (Å²) in [6, 6.07) is 24.9. The second-order valence-electron chi connectivity index (χ2n) is 17.3. The number of allylic oxidation sites excluding steroid dienone is 1. The number of ether oxygens (including phenoxy) is 2. The molecule has 71 heavy (non-hydrogen) atoms. The maximum absolute atomic E-state index is 12.9. The Hall–Kier alpha value is -7.38. The van der Waals surface area contributed by atoms with Crippen LogP contribution in [0.1, 0.15) is 76.1 Å². The van der Waals surface area contributed by atoms with Crippen LogP contribution >= 0.6 is 23.2 Å². The molecule has 4 N–H and O–H groups in total. The molecule has 16 nitrogen and oxygen atoms in total. The largest absolute Gasteiger partial charge is 0.478 e. The van der Waals surface area contributed by atoms with E-state index in [1.165, 1.54) is 28.0 Å². The monoisotopic (exact) mass is 1030 g/mol. The van der Waals surface area contributed by atoms with Crippen LogP contribution in [0.3, 0.4) is 0 Å². The lowest BCUT2D eigenvalue weighted by Crippen LogP contribution is -2.34. The first-order chi connectivity index (χ1) is 32.9. The molecule has 0 fully saturated rings. The zero-order chi connectivity index (χ0) is 54.0. The van der Waals surface area contributed by atoms with Crippen LogP contribution in [0.25, 0.3) is 22.7 Å². The van der Waals surface area contributed by atoms with E-state index in [9.17, 15) is 32.3 Å². The second-order valence-corrected chi connectivity index (χ2v) is 18.0. The van der Waals surface area contributed by atoms with E-state index in [1.54, 1.807) is 98.1 Å². The van der Waals surface area contributed by atoms with E-state index in [1.807, 2.05) is 64.2 Å². The fraction of sp³-hybridized carbons (Fsp3) is 0.300. The van der Waals surface area contributed by atoms with E-state index in [2.05, 4.69) is 20.3 Å². The molecule has 21 heteroatoms. The zero-order valence-electron chi connectivity index (χ0n) is 41.7. The first-order valence-corrected chi connectivity index (χ1v) is 22.0. The highest BCUT2D eigenvalue weighted by Gasteiger charge is 2.22. The molecular formula is C50H59Cl2F3N8O8. The molecule has 382 valence electrons. The maximum atomic E-state index is 12.9. The van der Waals surface area contributed by atoms with Crippen molar-refractivity contribution >= 4 is 80.6 Å². The number of carbonyl (C=O) groups is 4. The van der Waals surface area contributed by atoms with Gasteiger partial charge in [0, 0.05) is 63.4 Å². The molecule has 0 bridgehead atoms. The second kappa shape index (κ2) is 27.1. The van der Waals surface area contributed by atoms with Crippen LogP contribution in [0, 0.1) is 17.8 Å². The molecule has 0 saturated carbocycles. The number of nitrogens with zero attached hydrogens (tertiary/aromatic N) is 6. The number of amides is 2. The lowest BCUT2D eigenvalue weighted by atomic mass is 10.2. The van der Waals surface area contributed by atoms with E-state index in [-0.39, 0.29) is 17.0 Å². The number of fused-ring (bicyclic) bond motifs is 1. The Kier molecular flexibility index (Phi) is 22.8. The van der Waals surface area contributed by atoms with Crippen LogP contribution in [0.4, 0.5) is 45.5 Å². The minimum atomic E-state index is -0.999. The van der Waals surface area contributed by atoms with Crippen molar-refractivity contribution in [3.63, 3.8) is 0 Å². The Labute approximate surface area is 421 Å². The van der Waals surface area contributed by atoms with Crippen molar-refractivity contribution in [3.05, 3.63) is 137 Å². The lowest BCUT2D eigenvalue weighted by Gasteiger charge is -2.24. The molecule has 0 aliphatic rings. The Balaban J connectivity index is 0.000000315. The first-order valence-electron chi connectivity index (χ1n) is 21.3. The summed E-state index contributed by atoms with van der Waals surface area (Å²) >= 11 is 11.1. The number of nitrogens with two attached hydrogens (primary N) is 1. The van der Waals surface area contributed by atoms with E-state index in [4.69, 9.17) is 47.9 Å². The number of halogens is 5. The van der Waals surface area contributed by atoms with Crippen molar-refractivity contribution in [2.24, 2.45) is 0 Å². The van der Waals surface area contributed by atoms with Crippen molar-refractivity contribution in [2.75, 3.05) is 56.1 Å². The Morgan fingerprint density at radius 3 is 1.48 bits per heavy atom. The number of anilines is 4. The SMILES string of the molecule is CC(C)=C(Cl)N(C)C.CN(C(=O)OC(C)(C)C)c1ccc(C(=O)Cl)cc1.CN(C(=O)OC(C)(C)C)c1ccc(C(=O)O)cc1.CNc1ccc(-c2nc3ccc(F)nc3o2)cc1.Nc1ccc(F)nc1F. The first kappa shape index (κ1) is 59.7. The smallest absolute Gasteiger partial charge is 0.414 e. The van der Waals surface area contributed by atoms with Gasteiger partial charge in [-0.15, -0.1) is 0 Å². The topological polar surface area (TPSA) is 207 Å². The Bertz CT molecular complexity index is 2650. The number of hydrogen-bond acceptors (Lipinski definition) is 13. The summed E-state index contributed by atoms with van der Waals surface area (Å²) in [7, 11) is 8.88. The van der Waals surface area contributed by atoms with Gasteiger partial charge in [0.2, 0.25) is 29.4 Å². The summed E-state index contributed by atoms with van der Waals surface area (Å²) in [5.74, 6) is -2.96. The quantitative estimate of drug-likeness (QED) is 0.0773. The molecule has 6 aromatic rings. The number of carboxylic acid groups (broad SMARTS) is 1. The van der Waals surface area contributed by atoms with Crippen molar-refractivity contribution in [3.8, 4) is 11.5 Å². The number of benzene rings is 3. The number of carboxylic acids is 1. The van der Waals surface area contributed by atoms with Gasteiger partial charge in [0.15, 0.2) is 0 Å². The summed E-state index contributed by atoms with van der Waals surface area (Å²) in [4.78, 5) is 60.5. The maximum Gasteiger partial charge on any atom is 0.414 e. The summed E-state index contributed by atoms with van der Waals surface area (Å²) < 4.78 is 52.8. The number of pyridine rings is 2. The summed E-state index contributed by atoms with van der Waals surface area (Å²) in [5, 5.41) is 12.1. The number of nitrogen functional groups attached to an aromatic ring is 1. The van der Waals surface area contributed by atoms with Crippen LogP contribution in [-0.4, -0.2) is 94.8 Å². The summed E-state index contributed by atoms with van der Waals surface area (Å²) in [6.45, 7) is 14.7. The fourth-order valence-corrected chi connectivity index (χ4v) is 5.21. The third-order valence-corrected chi connectivity index (χ3v) is 9.54. The summed E-state index contributed by atoms with van der Waals surface area (Å²) in [6.07, 6.45) is -0.932. The van der Waals surface area contributed by atoms with Gasteiger partial charge in [0.05, 0.1) is 11.3 Å². The number of aromatic carboxylic acids is 1. The predicted molar refractivity (Wildman–Crippen MR) is 273 cm³/mol. The number of carbonyl (C=O) groups excluding carboxylic acids is 3. The van der Waals surface area contributed by atoms with E-state index in [0.29, 0.717) is 28.3 Å². The van der Waals surface area contributed by atoms with Gasteiger partial charge in [0.25, 0.3) is 5.24 Å². The standard InChI is InChI=1S/C13H16ClNO3.C13H10FN3O.C13H17NO4.C6H12ClN.C5H4F2N2/c1-13(2,3)18-12(17)15(4)10-7-5-9(6-8-10)11(14)16;1-15-9-4-2-8(3-5-9)12-16-10-6-7-11(14)17-13(10)18-12;1-13(2,3)18-12(17)14(4)10-7-5-9(6-8-10)11(15)16;1-5(2)6(7)8(3)4;6-4-2-1-3(8)5(7)9-4/h5-8H,1-4H3;2-7,15H,1H3;5-8H,1-4H3,(H,15,16);1-4H3;1-2H,8H2. The number of hydrogen-bond donors (Lipinski definition) is 3. The van der Waals surface area contributed by atoms with Crippen LogP contribution < -0.4 is 20.9 Å². The number of aromatic nitrogens is 3. The van der Waals surface area contributed by atoms with Gasteiger partial charge in [-0.3, -0.25) is 14.6 Å². The van der Waals surface area contributed by atoms with Crippen molar-refractivity contribution in [1.29, 1.82) is 0 Å². The normalized spacial score (nSPS) is 10.5. The molecule has 0 radical (unpaired) electrons. The van der Waals surface area contributed by atoms with Crippen LogP contribution in [0.5, 0.6) is 0 Å². The molecule has 3 aromatic carbocycles. The number of nitrogens with one attached hydrogen (secondary N) is 1. The summed E-state index contributed by atoms with van der Waals surface area (Å²) in [5.41, 5.74) is 9.24. The van der Waals surface area contributed by atoms with Crippen LogP contribution in [-0.2, 0) is 9.47 Å². The molecule has 0 atom stereocenters. The van der Waals surface area contributed by atoms with Crippen molar-refractivity contribution < 1.29 is 51.3 Å². The Morgan fingerprint density at radius 1 is 0.662 bits per heavy atom. The molecule has 6 rings (SSSR count). The van der Waals surface area contributed by atoms with Crippen LogP contribution in [0.2, 0.25) is 0 Å². The van der Waals surface area contributed by atoms with Gasteiger partial charge in [0.1, 0.15) is 21.9 Å². The zero-order valence-corrected chi connectivity index (χ0v) is 43.2. The van der Waals surface area contributed by atoms with E-state index >= 15 is 0 Å². The Morgan fingerprint density at radius 2 is 1.11 bits per heavy atom. The van der Waals surface area contributed by atoms with Crippen molar-refractivity contribution in [2.45, 2.75) is 66.6 Å². The highest BCUT2D eigenvalue weighted by molar-refractivity contribution is 6.67. The molecule has 2 amide bonds. The van der Waals surface area contributed by atoms with Gasteiger partial charge in [-0.05, 0) is 170 Å². The van der Waals surface area contributed by atoms with Gasteiger partial charge >= 0.3 is 18.2 Å². The van der Waals surface area contributed by atoms with Gasteiger partial charge in [-0.1, -0.05) is 11.6 Å². The molecule has 0 aliphatic carbocycles. The van der Waals surface area contributed by atoms with Crippen LogP contribution in [0.15, 0.2) is 112 Å². The average Bonchev–Trinajstić information content (AvgIpc) is 3.72. The fourth-order valence-electron chi connectivity index (χ4n) is 5.08. The highest BCUT2D eigenvalue weighted by Crippen LogP contribution is 2.25. The van der Waals surface area contributed by atoms with Crippen molar-refractivity contribution in [1.82, 2.24) is 19.9 Å². The molecule has 0 spiro atoms. The van der Waals surface area contributed by atoms with Gasteiger partial charge in [-0.2, -0.15) is 23.1 Å². The number of rotatable bonds is 7. The molecular weight excluding hydrogens is 968 g/mol. The third kappa shape index (κ3) is 21.0. The van der Waals surface area contributed by atoms with E-state index < -0.39 is 52.4 Å². The lowest BCUT2D eigenvalue weighted by molar-refractivity contribution is 0.0578. The highest BCUT2D eigenvalue weighted by atomic mass is 35.5.